The Kier molecular flexibility index (Phi) is 4.65. The third-order valence-corrected chi connectivity index (χ3v) is 4.11. The number of carbonyl (C=O) groups excluding carboxylic acids is 1. The summed E-state index contributed by atoms with van der Waals surface area (Å²) in [6, 6.07) is 7.65. The standard InChI is InChI=1S/C18H25N5O2/c1-18(2,3)25-17(24)23-10-6-7-12(23)11-20-16-15(19)21-13-8-4-5-9-14(13)22-16/h4-5,8-9,12H,6-7,10-11H2,1-3H3,(H2,19,21)(H,20,22)/t12-/m1/s1. The highest BCUT2D eigenvalue weighted by atomic mass is 16.6. The summed E-state index contributed by atoms with van der Waals surface area (Å²) >= 11 is 0. The molecule has 3 rings (SSSR count). The Balaban J connectivity index is 1.68. The monoisotopic (exact) mass is 343 g/mol. The molecular weight excluding hydrogens is 318 g/mol. The Morgan fingerprint density at radius 2 is 2.00 bits per heavy atom. The maximum Gasteiger partial charge on any atom is 0.410 e. The summed E-state index contributed by atoms with van der Waals surface area (Å²) in [7, 11) is 0. The number of nitrogen functional groups attached to an aromatic ring is 1. The van der Waals surface area contributed by atoms with Gasteiger partial charge in [-0.3, -0.25) is 0 Å². The van der Waals surface area contributed by atoms with Crippen molar-refractivity contribution in [2.24, 2.45) is 0 Å². The van der Waals surface area contributed by atoms with Gasteiger partial charge in [-0.2, -0.15) is 0 Å². The van der Waals surface area contributed by atoms with Gasteiger partial charge in [-0.25, -0.2) is 14.8 Å². The van der Waals surface area contributed by atoms with E-state index in [0.29, 0.717) is 24.7 Å². The van der Waals surface area contributed by atoms with Crippen LogP contribution in [-0.2, 0) is 4.74 Å². The average Bonchev–Trinajstić information content (AvgIpc) is 3.00. The van der Waals surface area contributed by atoms with Gasteiger partial charge in [0.2, 0.25) is 0 Å². The van der Waals surface area contributed by atoms with Crippen molar-refractivity contribution < 1.29 is 9.53 Å². The fraction of sp³-hybridized carbons (Fsp3) is 0.500. The van der Waals surface area contributed by atoms with Crippen molar-refractivity contribution in [3.05, 3.63) is 24.3 Å². The number of aromatic nitrogens is 2. The molecule has 0 aliphatic carbocycles. The van der Waals surface area contributed by atoms with Crippen molar-refractivity contribution in [2.45, 2.75) is 45.3 Å². The number of ether oxygens (including phenoxy) is 1. The van der Waals surface area contributed by atoms with Crippen LogP contribution in [0.25, 0.3) is 11.0 Å². The molecule has 0 unspecified atom stereocenters. The fourth-order valence-corrected chi connectivity index (χ4v) is 2.97. The summed E-state index contributed by atoms with van der Waals surface area (Å²) in [6.45, 7) is 6.90. The van der Waals surface area contributed by atoms with Gasteiger partial charge >= 0.3 is 6.09 Å². The lowest BCUT2D eigenvalue weighted by atomic mass is 10.2. The first kappa shape index (κ1) is 17.3. The van der Waals surface area contributed by atoms with Crippen LogP contribution in [0.4, 0.5) is 16.4 Å². The van der Waals surface area contributed by atoms with E-state index < -0.39 is 5.60 Å². The van der Waals surface area contributed by atoms with Crippen molar-refractivity contribution in [1.29, 1.82) is 0 Å². The molecule has 7 heteroatoms. The van der Waals surface area contributed by atoms with Crippen LogP contribution in [0.1, 0.15) is 33.6 Å². The van der Waals surface area contributed by atoms with Crippen LogP contribution in [0.15, 0.2) is 24.3 Å². The summed E-state index contributed by atoms with van der Waals surface area (Å²) in [5.41, 5.74) is 7.07. The molecule has 1 fully saturated rings. The van der Waals surface area contributed by atoms with Crippen LogP contribution < -0.4 is 11.1 Å². The van der Waals surface area contributed by atoms with Gasteiger partial charge in [0.1, 0.15) is 5.60 Å². The molecular formula is C18H25N5O2. The van der Waals surface area contributed by atoms with Crippen molar-refractivity contribution in [3.63, 3.8) is 0 Å². The van der Waals surface area contributed by atoms with E-state index in [0.717, 1.165) is 23.9 Å². The lowest BCUT2D eigenvalue weighted by Crippen LogP contribution is -2.42. The number of hydrogen-bond donors (Lipinski definition) is 2. The van der Waals surface area contributed by atoms with Gasteiger partial charge in [0.15, 0.2) is 11.6 Å². The minimum atomic E-state index is -0.494. The molecule has 1 amide bonds. The second-order valence-corrected chi connectivity index (χ2v) is 7.30. The van der Waals surface area contributed by atoms with E-state index in [-0.39, 0.29) is 12.1 Å². The summed E-state index contributed by atoms with van der Waals surface area (Å²) in [5, 5.41) is 3.25. The Bertz CT molecular complexity index is 772. The number of nitrogens with one attached hydrogen (secondary N) is 1. The Labute approximate surface area is 147 Å². The Morgan fingerprint density at radius 3 is 2.68 bits per heavy atom. The highest BCUT2D eigenvalue weighted by Gasteiger charge is 2.32. The van der Waals surface area contributed by atoms with E-state index in [1.807, 2.05) is 45.0 Å². The maximum absolute atomic E-state index is 12.3. The largest absolute Gasteiger partial charge is 0.444 e. The number of fused-ring (bicyclic) bond motifs is 1. The highest BCUT2D eigenvalue weighted by Crippen LogP contribution is 2.23. The van der Waals surface area contributed by atoms with Gasteiger partial charge in [-0.05, 0) is 45.7 Å². The third kappa shape index (κ3) is 4.10. The SMILES string of the molecule is CC(C)(C)OC(=O)N1CCC[C@@H]1CNc1nc2ccccc2nc1N. The highest BCUT2D eigenvalue weighted by molar-refractivity contribution is 5.79. The number of anilines is 2. The molecule has 0 saturated carbocycles. The van der Waals surface area contributed by atoms with E-state index in [1.54, 1.807) is 4.90 Å². The molecule has 0 bridgehead atoms. The molecule has 7 nitrogen and oxygen atoms in total. The zero-order valence-corrected chi connectivity index (χ0v) is 15.0. The molecule has 134 valence electrons. The lowest BCUT2D eigenvalue weighted by Gasteiger charge is -2.28. The van der Waals surface area contributed by atoms with Crippen LogP contribution in [0, 0.1) is 0 Å². The Morgan fingerprint density at radius 1 is 1.32 bits per heavy atom. The zero-order chi connectivity index (χ0) is 18.0. The van der Waals surface area contributed by atoms with Gasteiger partial charge in [0, 0.05) is 13.1 Å². The van der Waals surface area contributed by atoms with Gasteiger partial charge in [-0.1, -0.05) is 12.1 Å². The van der Waals surface area contributed by atoms with Crippen molar-refractivity contribution >= 4 is 28.8 Å². The molecule has 1 atom stereocenters. The molecule has 1 aromatic carbocycles. The maximum atomic E-state index is 12.3. The fourth-order valence-electron chi connectivity index (χ4n) is 2.97. The number of hydrogen-bond acceptors (Lipinski definition) is 6. The van der Waals surface area contributed by atoms with Gasteiger partial charge in [-0.15, -0.1) is 0 Å². The van der Waals surface area contributed by atoms with Crippen molar-refractivity contribution in [2.75, 3.05) is 24.1 Å². The van der Waals surface area contributed by atoms with Gasteiger partial charge in [0.05, 0.1) is 17.1 Å². The molecule has 1 saturated heterocycles. The molecule has 0 spiro atoms. The van der Waals surface area contributed by atoms with Crippen molar-refractivity contribution in [3.8, 4) is 0 Å². The third-order valence-electron chi connectivity index (χ3n) is 4.11. The summed E-state index contributed by atoms with van der Waals surface area (Å²) in [4.78, 5) is 23.0. The second kappa shape index (κ2) is 6.74. The molecule has 2 aromatic rings. The lowest BCUT2D eigenvalue weighted by molar-refractivity contribution is 0.0235. The first-order chi connectivity index (χ1) is 11.8. The molecule has 1 aliphatic heterocycles. The Hall–Kier alpha value is -2.57. The van der Waals surface area contributed by atoms with Gasteiger partial charge < -0.3 is 20.7 Å². The molecule has 2 heterocycles. The van der Waals surface area contributed by atoms with E-state index in [4.69, 9.17) is 10.5 Å². The van der Waals surface area contributed by atoms with E-state index >= 15 is 0 Å². The molecule has 1 aliphatic rings. The predicted molar refractivity (Wildman–Crippen MR) is 98.4 cm³/mol. The van der Waals surface area contributed by atoms with Crippen LogP contribution in [-0.4, -0.2) is 45.7 Å². The molecule has 25 heavy (non-hydrogen) atoms. The smallest absolute Gasteiger partial charge is 0.410 e. The van der Waals surface area contributed by atoms with E-state index in [2.05, 4.69) is 15.3 Å². The number of nitrogens with zero attached hydrogens (tertiary/aromatic N) is 3. The topological polar surface area (TPSA) is 93.4 Å². The number of carbonyl (C=O) groups is 1. The summed E-state index contributed by atoms with van der Waals surface area (Å²) in [5.74, 6) is 0.912. The minimum Gasteiger partial charge on any atom is -0.444 e. The van der Waals surface area contributed by atoms with Crippen LogP contribution in [0.3, 0.4) is 0 Å². The molecule has 1 aromatic heterocycles. The van der Waals surface area contributed by atoms with Crippen LogP contribution in [0.2, 0.25) is 0 Å². The number of para-hydroxylation sites is 2. The number of likely N-dealkylation sites (tertiary alicyclic amines) is 1. The first-order valence-electron chi connectivity index (χ1n) is 8.59. The minimum absolute atomic E-state index is 0.0579. The quantitative estimate of drug-likeness (QED) is 0.890. The van der Waals surface area contributed by atoms with E-state index in [1.165, 1.54) is 0 Å². The second-order valence-electron chi connectivity index (χ2n) is 7.30. The number of amides is 1. The average molecular weight is 343 g/mol. The van der Waals surface area contributed by atoms with Crippen LogP contribution in [0.5, 0.6) is 0 Å². The summed E-state index contributed by atoms with van der Waals surface area (Å²) < 4.78 is 5.49. The number of nitrogens with two attached hydrogens (primary N) is 1. The van der Waals surface area contributed by atoms with E-state index in [9.17, 15) is 4.79 Å². The first-order valence-corrected chi connectivity index (χ1v) is 8.59. The predicted octanol–water partition coefficient (Wildman–Crippen LogP) is 3.02. The number of benzene rings is 1. The van der Waals surface area contributed by atoms with Gasteiger partial charge in [0.25, 0.3) is 0 Å². The summed E-state index contributed by atoms with van der Waals surface area (Å²) in [6.07, 6.45) is 1.62. The normalized spacial score (nSPS) is 17.7. The van der Waals surface area contributed by atoms with Crippen molar-refractivity contribution in [1.82, 2.24) is 14.9 Å². The molecule has 0 radical (unpaired) electrons. The number of rotatable bonds is 3. The zero-order valence-electron chi connectivity index (χ0n) is 15.0. The van der Waals surface area contributed by atoms with Crippen LogP contribution >= 0.6 is 0 Å². The molecule has 3 N–H and O–H groups in total.